The average molecular weight is 315 g/mol. The van der Waals surface area contributed by atoms with E-state index in [9.17, 15) is 4.79 Å². The predicted molar refractivity (Wildman–Crippen MR) is 87.0 cm³/mol. The second-order valence-electron chi connectivity index (χ2n) is 5.00. The van der Waals surface area contributed by atoms with Crippen molar-refractivity contribution in [3.63, 3.8) is 0 Å². The van der Waals surface area contributed by atoms with E-state index in [1.54, 1.807) is 18.1 Å². The van der Waals surface area contributed by atoms with Crippen LogP contribution in [-0.2, 0) is 14.1 Å². The van der Waals surface area contributed by atoms with Gasteiger partial charge in [-0.1, -0.05) is 30.0 Å². The zero-order valence-electron chi connectivity index (χ0n) is 12.5. The Bertz CT molecular complexity index is 807. The number of amides is 1. The highest BCUT2D eigenvalue weighted by Crippen LogP contribution is 2.20. The number of hydrogen-bond acceptors (Lipinski definition) is 4. The number of nitrogens with one attached hydrogen (secondary N) is 1. The van der Waals surface area contributed by atoms with E-state index in [0.717, 1.165) is 21.8 Å². The molecule has 0 saturated heterocycles. The van der Waals surface area contributed by atoms with Gasteiger partial charge in [-0.2, -0.15) is 0 Å². The molecule has 0 aliphatic rings. The van der Waals surface area contributed by atoms with Gasteiger partial charge in [-0.15, -0.1) is 10.2 Å². The fourth-order valence-electron chi connectivity index (χ4n) is 2.33. The first kappa shape index (κ1) is 14.6. The van der Waals surface area contributed by atoms with Crippen LogP contribution in [0.25, 0.3) is 10.9 Å². The number of nitrogens with zero attached hydrogens (tertiary/aromatic N) is 4. The Balaban J connectivity index is 1.61. The van der Waals surface area contributed by atoms with E-state index in [1.807, 2.05) is 53.7 Å². The summed E-state index contributed by atoms with van der Waals surface area (Å²) in [6.07, 6.45) is 3.53. The summed E-state index contributed by atoms with van der Waals surface area (Å²) < 4.78 is 3.83. The SMILES string of the molecule is Cn1cnnc1SCCNC(=O)c1cn(C)c2ccccc12. The molecule has 0 aliphatic carbocycles. The van der Waals surface area contributed by atoms with Crippen LogP contribution in [0.3, 0.4) is 0 Å². The summed E-state index contributed by atoms with van der Waals surface area (Å²) in [5.74, 6) is 0.707. The zero-order valence-corrected chi connectivity index (χ0v) is 13.3. The molecule has 22 heavy (non-hydrogen) atoms. The predicted octanol–water partition coefficient (Wildman–Crippen LogP) is 1.83. The zero-order chi connectivity index (χ0) is 15.5. The Morgan fingerprint density at radius 2 is 2.09 bits per heavy atom. The van der Waals surface area contributed by atoms with Crippen LogP contribution in [-0.4, -0.2) is 37.5 Å². The Kier molecular flexibility index (Phi) is 4.15. The van der Waals surface area contributed by atoms with Crippen molar-refractivity contribution in [1.29, 1.82) is 0 Å². The van der Waals surface area contributed by atoms with E-state index in [1.165, 1.54) is 0 Å². The van der Waals surface area contributed by atoms with Gasteiger partial charge in [0, 0.05) is 43.5 Å². The molecule has 2 aromatic heterocycles. The topological polar surface area (TPSA) is 64.7 Å². The van der Waals surface area contributed by atoms with Crippen molar-refractivity contribution in [2.75, 3.05) is 12.3 Å². The second-order valence-corrected chi connectivity index (χ2v) is 6.06. The minimum Gasteiger partial charge on any atom is -0.351 e. The third-order valence-corrected chi connectivity index (χ3v) is 4.47. The van der Waals surface area contributed by atoms with Gasteiger partial charge in [-0.3, -0.25) is 4.79 Å². The number of aryl methyl sites for hydroxylation is 2. The number of carbonyl (C=O) groups excluding carboxylic acids is 1. The summed E-state index contributed by atoms with van der Waals surface area (Å²) in [5.41, 5.74) is 1.77. The lowest BCUT2D eigenvalue weighted by atomic mass is 10.1. The summed E-state index contributed by atoms with van der Waals surface area (Å²) in [4.78, 5) is 12.3. The van der Waals surface area contributed by atoms with Crippen LogP contribution in [0.15, 0.2) is 41.9 Å². The van der Waals surface area contributed by atoms with Crippen molar-refractivity contribution in [3.8, 4) is 0 Å². The fourth-order valence-corrected chi connectivity index (χ4v) is 3.07. The molecule has 0 bridgehead atoms. The first-order valence-electron chi connectivity index (χ1n) is 6.96. The van der Waals surface area contributed by atoms with Crippen molar-refractivity contribution < 1.29 is 4.79 Å². The van der Waals surface area contributed by atoms with Gasteiger partial charge in [0.25, 0.3) is 5.91 Å². The molecular formula is C15H17N5OS. The summed E-state index contributed by atoms with van der Waals surface area (Å²) in [7, 11) is 3.85. The monoisotopic (exact) mass is 315 g/mol. The molecule has 3 rings (SSSR count). The number of thioether (sulfide) groups is 1. The first-order valence-corrected chi connectivity index (χ1v) is 7.94. The average Bonchev–Trinajstić information content (AvgIpc) is 3.08. The molecule has 1 aromatic carbocycles. The molecule has 1 amide bonds. The normalized spacial score (nSPS) is 11.0. The highest BCUT2D eigenvalue weighted by atomic mass is 32.2. The number of hydrogen-bond donors (Lipinski definition) is 1. The number of rotatable bonds is 5. The standard InChI is InChI=1S/C15H17N5OS/c1-19-9-12(11-5-3-4-6-13(11)19)14(21)16-7-8-22-15-18-17-10-20(15)2/h3-6,9-10H,7-8H2,1-2H3,(H,16,21). The van der Waals surface area contributed by atoms with Gasteiger partial charge in [-0.25, -0.2) is 0 Å². The molecule has 0 unspecified atom stereocenters. The molecule has 1 N–H and O–H groups in total. The van der Waals surface area contributed by atoms with Gasteiger partial charge < -0.3 is 14.5 Å². The number of para-hydroxylation sites is 1. The van der Waals surface area contributed by atoms with E-state index in [2.05, 4.69) is 15.5 Å². The summed E-state index contributed by atoms with van der Waals surface area (Å²) in [6.45, 7) is 0.583. The molecule has 0 radical (unpaired) electrons. The molecule has 0 spiro atoms. The van der Waals surface area contributed by atoms with Crippen LogP contribution in [0.4, 0.5) is 0 Å². The quantitative estimate of drug-likeness (QED) is 0.576. The van der Waals surface area contributed by atoms with E-state index in [4.69, 9.17) is 0 Å². The van der Waals surface area contributed by atoms with E-state index >= 15 is 0 Å². The summed E-state index contributed by atoms with van der Waals surface area (Å²) >= 11 is 1.57. The van der Waals surface area contributed by atoms with Gasteiger partial charge in [0.15, 0.2) is 5.16 Å². The smallest absolute Gasteiger partial charge is 0.253 e. The van der Waals surface area contributed by atoms with Crippen LogP contribution in [0.5, 0.6) is 0 Å². The van der Waals surface area contributed by atoms with Gasteiger partial charge in [0.2, 0.25) is 0 Å². The van der Waals surface area contributed by atoms with Crippen molar-refractivity contribution in [1.82, 2.24) is 24.6 Å². The third-order valence-electron chi connectivity index (χ3n) is 3.43. The minimum atomic E-state index is -0.0460. The molecule has 6 nitrogen and oxygen atoms in total. The van der Waals surface area contributed by atoms with Gasteiger partial charge in [0.1, 0.15) is 6.33 Å². The fraction of sp³-hybridized carbons (Fsp3) is 0.267. The van der Waals surface area contributed by atoms with Crippen LogP contribution in [0, 0.1) is 0 Å². The van der Waals surface area contributed by atoms with E-state index in [-0.39, 0.29) is 5.91 Å². The van der Waals surface area contributed by atoms with Gasteiger partial charge >= 0.3 is 0 Å². The highest BCUT2D eigenvalue weighted by molar-refractivity contribution is 7.99. The van der Waals surface area contributed by atoms with Crippen molar-refractivity contribution in [3.05, 3.63) is 42.4 Å². The second kappa shape index (κ2) is 6.23. The third kappa shape index (κ3) is 2.85. The molecule has 0 fully saturated rings. The van der Waals surface area contributed by atoms with Crippen LogP contribution >= 0.6 is 11.8 Å². The lowest BCUT2D eigenvalue weighted by molar-refractivity contribution is 0.0957. The molecule has 2 heterocycles. The first-order chi connectivity index (χ1) is 10.7. The number of carbonyl (C=O) groups is 1. The molecule has 0 saturated carbocycles. The van der Waals surface area contributed by atoms with Crippen LogP contribution in [0.2, 0.25) is 0 Å². The van der Waals surface area contributed by atoms with E-state index in [0.29, 0.717) is 12.1 Å². The summed E-state index contributed by atoms with van der Waals surface area (Å²) in [5, 5.41) is 12.6. The summed E-state index contributed by atoms with van der Waals surface area (Å²) in [6, 6.07) is 7.90. The van der Waals surface area contributed by atoms with Gasteiger partial charge in [0.05, 0.1) is 5.56 Å². The lowest BCUT2D eigenvalue weighted by Gasteiger charge is -2.04. The van der Waals surface area contributed by atoms with E-state index < -0.39 is 0 Å². The molecule has 0 aliphatic heterocycles. The Morgan fingerprint density at radius 1 is 1.27 bits per heavy atom. The molecule has 3 aromatic rings. The highest BCUT2D eigenvalue weighted by Gasteiger charge is 2.13. The maximum absolute atomic E-state index is 12.3. The molecule has 7 heteroatoms. The lowest BCUT2D eigenvalue weighted by Crippen LogP contribution is -2.25. The van der Waals surface area contributed by atoms with Crippen molar-refractivity contribution in [2.45, 2.75) is 5.16 Å². The molecule has 0 atom stereocenters. The van der Waals surface area contributed by atoms with Crippen molar-refractivity contribution in [2.24, 2.45) is 14.1 Å². The number of benzene rings is 1. The Labute approximate surface area is 132 Å². The Hall–Kier alpha value is -2.28. The molecular weight excluding hydrogens is 298 g/mol. The van der Waals surface area contributed by atoms with Crippen LogP contribution in [0.1, 0.15) is 10.4 Å². The van der Waals surface area contributed by atoms with Crippen LogP contribution < -0.4 is 5.32 Å². The molecule has 114 valence electrons. The number of fused-ring (bicyclic) bond motifs is 1. The maximum atomic E-state index is 12.3. The Morgan fingerprint density at radius 3 is 2.86 bits per heavy atom. The largest absolute Gasteiger partial charge is 0.351 e. The van der Waals surface area contributed by atoms with Crippen molar-refractivity contribution >= 4 is 28.6 Å². The van der Waals surface area contributed by atoms with Gasteiger partial charge in [-0.05, 0) is 6.07 Å². The number of aromatic nitrogens is 4. The maximum Gasteiger partial charge on any atom is 0.253 e. The minimum absolute atomic E-state index is 0.0460.